The van der Waals surface area contributed by atoms with E-state index in [-0.39, 0.29) is 18.5 Å². The molecule has 1 atom stereocenters. The first-order valence-electron chi connectivity index (χ1n) is 5.08. The minimum absolute atomic E-state index is 0.0656. The summed E-state index contributed by atoms with van der Waals surface area (Å²) < 4.78 is 0. The van der Waals surface area contributed by atoms with Crippen LogP contribution in [0.15, 0.2) is 24.3 Å². The summed E-state index contributed by atoms with van der Waals surface area (Å²) in [7, 11) is 0. The minimum atomic E-state index is -1.82. The van der Waals surface area contributed by atoms with Gasteiger partial charge in [-0.2, -0.15) is 0 Å². The highest BCUT2D eigenvalue weighted by Crippen LogP contribution is 2.20. The molecule has 0 aromatic heterocycles. The maximum Gasteiger partial charge on any atom is 0.336 e. The molecule has 6 heteroatoms. The third-order valence-electron chi connectivity index (χ3n) is 2.63. The number of nitro groups is 1. The zero-order valence-corrected chi connectivity index (χ0v) is 9.29. The molecule has 0 aliphatic rings. The second kappa shape index (κ2) is 4.92. The van der Waals surface area contributed by atoms with Crippen molar-refractivity contribution in [1.82, 2.24) is 0 Å². The van der Waals surface area contributed by atoms with E-state index in [9.17, 15) is 20.0 Å². The van der Waals surface area contributed by atoms with Crippen LogP contribution in [0.3, 0.4) is 0 Å². The molecule has 0 unspecified atom stereocenters. The molecule has 0 amide bonds. The van der Waals surface area contributed by atoms with Crippen molar-refractivity contribution in [3.05, 3.63) is 39.9 Å². The summed E-state index contributed by atoms with van der Waals surface area (Å²) in [5, 5.41) is 29.1. The number of nitro benzene ring substituents is 1. The van der Waals surface area contributed by atoms with Gasteiger partial charge in [-0.3, -0.25) is 10.1 Å². The van der Waals surface area contributed by atoms with Crippen LogP contribution in [0.5, 0.6) is 0 Å². The Hall–Kier alpha value is -1.95. The van der Waals surface area contributed by atoms with Gasteiger partial charge in [0.2, 0.25) is 0 Å². The molecule has 92 valence electrons. The number of aliphatic carboxylic acids is 1. The lowest BCUT2D eigenvalue weighted by Crippen LogP contribution is -2.40. The summed E-state index contributed by atoms with van der Waals surface area (Å²) in [5.41, 5.74) is -1.35. The average molecular weight is 239 g/mol. The van der Waals surface area contributed by atoms with Gasteiger partial charge in [-0.15, -0.1) is 0 Å². The lowest BCUT2D eigenvalue weighted by Gasteiger charge is -2.21. The van der Waals surface area contributed by atoms with Gasteiger partial charge in [0.25, 0.3) is 5.69 Å². The number of rotatable bonds is 5. The Balaban J connectivity index is 2.88. The summed E-state index contributed by atoms with van der Waals surface area (Å²) in [5.74, 6) is -1.29. The van der Waals surface area contributed by atoms with Crippen molar-refractivity contribution in [3.8, 4) is 0 Å². The van der Waals surface area contributed by atoms with Crippen LogP contribution in [-0.2, 0) is 11.2 Å². The van der Waals surface area contributed by atoms with E-state index in [2.05, 4.69) is 0 Å². The lowest BCUT2D eigenvalue weighted by molar-refractivity contribution is -0.384. The first-order valence-corrected chi connectivity index (χ1v) is 5.08. The third kappa shape index (κ3) is 3.01. The van der Waals surface area contributed by atoms with Crippen molar-refractivity contribution in [1.29, 1.82) is 0 Å². The number of hydrogen-bond donors (Lipinski definition) is 2. The highest BCUT2D eigenvalue weighted by atomic mass is 16.6. The highest BCUT2D eigenvalue weighted by Gasteiger charge is 2.33. The van der Waals surface area contributed by atoms with Crippen LogP contribution in [0, 0.1) is 10.1 Å². The maximum atomic E-state index is 10.9. The summed E-state index contributed by atoms with van der Waals surface area (Å²) in [4.78, 5) is 20.8. The van der Waals surface area contributed by atoms with Crippen LogP contribution in [-0.4, -0.2) is 26.7 Å². The molecule has 0 saturated heterocycles. The number of carboxylic acids is 1. The van der Waals surface area contributed by atoms with Crippen LogP contribution >= 0.6 is 0 Å². The fourth-order valence-corrected chi connectivity index (χ4v) is 1.43. The highest BCUT2D eigenvalue weighted by molar-refractivity contribution is 5.77. The normalized spacial score (nSPS) is 14.0. The zero-order chi connectivity index (χ0) is 13.1. The zero-order valence-electron chi connectivity index (χ0n) is 9.29. The smallest absolute Gasteiger partial charge is 0.336 e. The molecule has 0 radical (unpaired) electrons. The number of benzene rings is 1. The SMILES string of the molecule is CC[C@](O)(Cc1ccc([N+](=O)[O-])cc1)C(=O)O. The van der Waals surface area contributed by atoms with Gasteiger partial charge in [0.05, 0.1) is 4.92 Å². The number of hydrogen-bond acceptors (Lipinski definition) is 4. The van der Waals surface area contributed by atoms with Gasteiger partial charge in [-0.05, 0) is 12.0 Å². The molecule has 0 aliphatic carbocycles. The first kappa shape index (κ1) is 13.1. The second-order valence-electron chi connectivity index (χ2n) is 3.79. The molecule has 0 fully saturated rings. The van der Waals surface area contributed by atoms with Gasteiger partial charge in [-0.1, -0.05) is 19.1 Å². The molecule has 1 rings (SSSR count). The molecule has 0 heterocycles. The molecular formula is C11H13NO5. The van der Waals surface area contributed by atoms with Crippen molar-refractivity contribution in [2.45, 2.75) is 25.4 Å². The largest absolute Gasteiger partial charge is 0.479 e. The van der Waals surface area contributed by atoms with E-state index in [1.165, 1.54) is 24.3 Å². The Kier molecular flexibility index (Phi) is 3.80. The van der Waals surface area contributed by atoms with Crippen LogP contribution in [0.4, 0.5) is 5.69 Å². The van der Waals surface area contributed by atoms with Crippen molar-refractivity contribution in [2.75, 3.05) is 0 Å². The summed E-state index contributed by atoms with van der Waals surface area (Å²) in [6.07, 6.45) is -0.00382. The Morgan fingerprint density at radius 1 is 1.41 bits per heavy atom. The molecule has 2 N–H and O–H groups in total. The molecule has 0 aliphatic heterocycles. The predicted octanol–water partition coefficient (Wildman–Crippen LogP) is 1.36. The van der Waals surface area contributed by atoms with E-state index in [0.717, 1.165) is 0 Å². The van der Waals surface area contributed by atoms with Crippen molar-refractivity contribution >= 4 is 11.7 Å². The van der Waals surface area contributed by atoms with Crippen molar-refractivity contribution < 1.29 is 19.9 Å². The third-order valence-corrected chi connectivity index (χ3v) is 2.63. The minimum Gasteiger partial charge on any atom is -0.479 e. The molecule has 0 bridgehead atoms. The maximum absolute atomic E-state index is 10.9. The van der Waals surface area contributed by atoms with Crippen molar-refractivity contribution in [3.63, 3.8) is 0 Å². The fourth-order valence-electron chi connectivity index (χ4n) is 1.43. The quantitative estimate of drug-likeness (QED) is 0.596. The van der Waals surface area contributed by atoms with Crippen LogP contribution in [0.25, 0.3) is 0 Å². The number of non-ortho nitro benzene ring substituents is 1. The van der Waals surface area contributed by atoms with E-state index < -0.39 is 16.5 Å². The standard InChI is InChI=1S/C11H13NO5/c1-2-11(15,10(13)14)7-8-3-5-9(6-4-8)12(16)17/h3-6,15H,2,7H2,1H3,(H,13,14)/t11-/m0/s1. The molecule has 1 aromatic rings. The number of carbonyl (C=O) groups is 1. The molecule has 17 heavy (non-hydrogen) atoms. The van der Waals surface area contributed by atoms with Gasteiger partial charge in [0.1, 0.15) is 0 Å². The number of aliphatic hydroxyl groups is 1. The topological polar surface area (TPSA) is 101 Å². The number of nitrogens with zero attached hydrogens (tertiary/aromatic N) is 1. The Labute approximate surface area is 97.7 Å². The molecule has 1 aromatic carbocycles. The lowest BCUT2D eigenvalue weighted by atomic mass is 9.92. The number of carboxylic acid groups (broad SMARTS) is 1. The molecule has 6 nitrogen and oxygen atoms in total. The summed E-state index contributed by atoms with van der Waals surface area (Å²) >= 11 is 0. The summed E-state index contributed by atoms with van der Waals surface area (Å²) in [6, 6.07) is 5.46. The first-order chi connectivity index (χ1) is 7.89. The second-order valence-corrected chi connectivity index (χ2v) is 3.79. The molecule has 0 spiro atoms. The van der Waals surface area contributed by atoms with Crippen LogP contribution < -0.4 is 0 Å². The predicted molar refractivity (Wildman–Crippen MR) is 59.7 cm³/mol. The Bertz CT molecular complexity index is 428. The summed E-state index contributed by atoms with van der Waals surface area (Å²) in [6.45, 7) is 1.57. The van der Waals surface area contributed by atoms with Gasteiger partial charge in [0.15, 0.2) is 5.60 Å². The Morgan fingerprint density at radius 2 is 1.94 bits per heavy atom. The molecular weight excluding hydrogens is 226 g/mol. The van der Waals surface area contributed by atoms with E-state index in [0.29, 0.717) is 5.56 Å². The van der Waals surface area contributed by atoms with Gasteiger partial charge in [-0.25, -0.2) is 4.79 Å². The van der Waals surface area contributed by atoms with Crippen LogP contribution in [0.2, 0.25) is 0 Å². The van der Waals surface area contributed by atoms with E-state index in [4.69, 9.17) is 5.11 Å². The van der Waals surface area contributed by atoms with E-state index in [1.54, 1.807) is 6.92 Å². The van der Waals surface area contributed by atoms with Crippen molar-refractivity contribution in [2.24, 2.45) is 0 Å². The van der Waals surface area contributed by atoms with Gasteiger partial charge < -0.3 is 10.2 Å². The van der Waals surface area contributed by atoms with Crippen LogP contribution in [0.1, 0.15) is 18.9 Å². The average Bonchev–Trinajstić information content (AvgIpc) is 2.29. The monoisotopic (exact) mass is 239 g/mol. The van der Waals surface area contributed by atoms with Gasteiger partial charge >= 0.3 is 5.97 Å². The van der Waals surface area contributed by atoms with E-state index in [1.807, 2.05) is 0 Å². The molecule has 0 saturated carbocycles. The Morgan fingerprint density at radius 3 is 2.29 bits per heavy atom. The fraction of sp³-hybridized carbons (Fsp3) is 0.364. The van der Waals surface area contributed by atoms with Gasteiger partial charge in [0, 0.05) is 18.6 Å². The van der Waals surface area contributed by atoms with E-state index >= 15 is 0 Å².